The molecule has 0 spiro atoms. The largest absolute Gasteiger partial charge is 0.492 e. The zero-order valence-electron chi connectivity index (χ0n) is 17.8. The maximum atomic E-state index is 12.6. The number of imidazole rings is 1. The summed E-state index contributed by atoms with van der Waals surface area (Å²) in [6.07, 6.45) is 1.33. The van der Waals surface area contributed by atoms with Gasteiger partial charge in [-0.1, -0.05) is 35.9 Å². The molecule has 1 unspecified atom stereocenters. The number of rotatable bonds is 6. The Kier molecular flexibility index (Phi) is 5.74. The number of aryl methyl sites for hydroxylation is 1. The van der Waals surface area contributed by atoms with Crippen LogP contribution >= 0.6 is 11.6 Å². The molecule has 1 atom stereocenters. The van der Waals surface area contributed by atoms with Crippen LogP contribution in [0.2, 0.25) is 5.02 Å². The first-order valence-electron chi connectivity index (χ1n) is 10.5. The lowest BCUT2D eigenvalue weighted by atomic mass is 10.1. The minimum Gasteiger partial charge on any atom is -0.492 e. The zero-order valence-corrected chi connectivity index (χ0v) is 18.5. The van der Waals surface area contributed by atoms with Gasteiger partial charge in [0.05, 0.1) is 22.7 Å². The van der Waals surface area contributed by atoms with Gasteiger partial charge in [-0.2, -0.15) is 0 Å². The molecule has 1 amide bonds. The number of hydrogen-bond acceptors (Lipinski definition) is 3. The van der Waals surface area contributed by atoms with Crippen molar-refractivity contribution in [1.82, 2.24) is 14.5 Å². The van der Waals surface area contributed by atoms with Crippen molar-refractivity contribution in [2.75, 3.05) is 13.2 Å². The summed E-state index contributed by atoms with van der Waals surface area (Å²) in [5, 5.41) is 0.623. The topological polar surface area (TPSA) is 47.4 Å². The molecule has 2 aromatic carbocycles. The number of hydrogen-bond donors (Lipinski definition) is 0. The minimum atomic E-state index is -0.175. The molecule has 1 aliphatic rings. The maximum Gasteiger partial charge on any atom is 0.223 e. The summed E-state index contributed by atoms with van der Waals surface area (Å²) in [4.78, 5) is 19.5. The summed E-state index contributed by atoms with van der Waals surface area (Å²) in [6.45, 7) is 8.31. The first kappa shape index (κ1) is 20.7. The molecule has 6 heteroatoms. The highest BCUT2D eigenvalue weighted by Crippen LogP contribution is 2.34. The second-order valence-electron chi connectivity index (χ2n) is 8.82. The van der Waals surface area contributed by atoms with Crippen molar-refractivity contribution >= 4 is 28.5 Å². The standard InChI is InChI=1S/C24H28ClN3O2/c1-24(2,3)28-16-17(15-22(28)29)23-26-19-10-5-6-11-20(19)27(23)13-8-14-30-21-12-7-4-9-18(21)25/h4-7,9-12,17H,8,13-16H2,1-3H3. The average Bonchev–Trinajstić information content (AvgIpc) is 3.27. The summed E-state index contributed by atoms with van der Waals surface area (Å²) >= 11 is 6.18. The van der Waals surface area contributed by atoms with Gasteiger partial charge < -0.3 is 14.2 Å². The fourth-order valence-corrected chi connectivity index (χ4v) is 4.33. The fraction of sp³-hybridized carbons (Fsp3) is 0.417. The fourth-order valence-electron chi connectivity index (χ4n) is 4.14. The van der Waals surface area contributed by atoms with Crippen LogP contribution in [0.25, 0.3) is 11.0 Å². The van der Waals surface area contributed by atoms with Crippen molar-refractivity contribution in [3.63, 3.8) is 0 Å². The quantitative estimate of drug-likeness (QED) is 0.505. The molecule has 2 heterocycles. The molecule has 1 fully saturated rings. The second kappa shape index (κ2) is 8.31. The summed E-state index contributed by atoms with van der Waals surface area (Å²) in [5.74, 6) is 2.01. The van der Waals surface area contributed by atoms with Crippen molar-refractivity contribution in [3.8, 4) is 5.75 Å². The molecule has 0 radical (unpaired) electrons. The molecule has 0 bridgehead atoms. The smallest absolute Gasteiger partial charge is 0.223 e. The van der Waals surface area contributed by atoms with E-state index >= 15 is 0 Å². The van der Waals surface area contributed by atoms with Crippen LogP contribution in [0.5, 0.6) is 5.75 Å². The lowest BCUT2D eigenvalue weighted by molar-refractivity contribution is -0.131. The van der Waals surface area contributed by atoms with Crippen LogP contribution in [-0.2, 0) is 11.3 Å². The van der Waals surface area contributed by atoms with Gasteiger partial charge in [0.1, 0.15) is 11.6 Å². The van der Waals surface area contributed by atoms with E-state index in [2.05, 4.69) is 31.4 Å². The van der Waals surface area contributed by atoms with Gasteiger partial charge >= 0.3 is 0 Å². The molecule has 1 aromatic heterocycles. The third-order valence-electron chi connectivity index (χ3n) is 5.60. The van der Waals surface area contributed by atoms with E-state index in [4.69, 9.17) is 21.3 Å². The first-order chi connectivity index (χ1) is 14.3. The van der Waals surface area contributed by atoms with Gasteiger partial charge in [-0.15, -0.1) is 0 Å². The predicted octanol–water partition coefficient (Wildman–Crippen LogP) is 5.27. The Balaban J connectivity index is 1.52. The number of fused-ring (bicyclic) bond motifs is 1. The number of aromatic nitrogens is 2. The highest BCUT2D eigenvalue weighted by atomic mass is 35.5. The number of likely N-dealkylation sites (tertiary alicyclic amines) is 1. The monoisotopic (exact) mass is 425 g/mol. The van der Waals surface area contributed by atoms with Gasteiger partial charge in [0.25, 0.3) is 0 Å². The zero-order chi connectivity index (χ0) is 21.3. The van der Waals surface area contributed by atoms with Crippen molar-refractivity contribution in [2.45, 2.75) is 51.6 Å². The molecule has 1 aliphatic heterocycles. The summed E-state index contributed by atoms with van der Waals surface area (Å²) < 4.78 is 8.12. The van der Waals surface area contributed by atoms with Crippen LogP contribution in [0.4, 0.5) is 0 Å². The van der Waals surface area contributed by atoms with E-state index in [1.807, 2.05) is 47.4 Å². The van der Waals surface area contributed by atoms with Crippen molar-refractivity contribution < 1.29 is 9.53 Å². The van der Waals surface area contributed by atoms with Crippen LogP contribution in [-0.4, -0.2) is 39.0 Å². The Hall–Kier alpha value is -2.53. The highest BCUT2D eigenvalue weighted by molar-refractivity contribution is 6.32. The van der Waals surface area contributed by atoms with E-state index in [0.29, 0.717) is 30.3 Å². The molecule has 1 saturated heterocycles. The normalized spacial score (nSPS) is 17.1. The molecule has 5 nitrogen and oxygen atoms in total. The number of para-hydroxylation sites is 3. The SMILES string of the molecule is CC(C)(C)N1CC(c2nc3ccccc3n2CCCOc2ccccc2Cl)CC1=O. The Labute approximate surface area is 182 Å². The number of amides is 1. The molecule has 30 heavy (non-hydrogen) atoms. The van der Waals surface area contributed by atoms with Gasteiger partial charge in [-0.05, 0) is 51.5 Å². The maximum absolute atomic E-state index is 12.6. The molecule has 158 valence electrons. The van der Waals surface area contributed by atoms with Crippen molar-refractivity contribution in [3.05, 3.63) is 59.4 Å². The number of benzene rings is 2. The lowest BCUT2D eigenvalue weighted by Gasteiger charge is -2.32. The lowest BCUT2D eigenvalue weighted by Crippen LogP contribution is -2.42. The van der Waals surface area contributed by atoms with Crippen LogP contribution in [0.1, 0.15) is 45.4 Å². The van der Waals surface area contributed by atoms with E-state index in [-0.39, 0.29) is 17.4 Å². The minimum absolute atomic E-state index is 0.105. The third kappa shape index (κ3) is 4.17. The van der Waals surface area contributed by atoms with Gasteiger partial charge in [-0.25, -0.2) is 4.98 Å². The summed E-state index contributed by atoms with van der Waals surface area (Å²) in [5.41, 5.74) is 1.90. The van der Waals surface area contributed by atoms with E-state index in [0.717, 1.165) is 29.8 Å². The molecule has 3 aromatic rings. The van der Waals surface area contributed by atoms with Crippen molar-refractivity contribution in [2.24, 2.45) is 0 Å². The molecular weight excluding hydrogens is 398 g/mol. The van der Waals surface area contributed by atoms with Gasteiger partial charge in [0, 0.05) is 31.0 Å². The Morgan fingerprint density at radius 2 is 1.87 bits per heavy atom. The van der Waals surface area contributed by atoms with E-state index in [1.165, 1.54) is 0 Å². The molecule has 0 aliphatic carbocycles. The summed E-state index contributed by atoms with van der Waals surface area (Å²) in [7, 11) is 0. The number of carbonyl (C=O) groups excluding carboxylic acids is 1. The van der Waals surface area contributed by atoms with E-state index in [9.17, 15) is 4.79 Å². The molecule has 0 N–H and O–H groups in total. The molecular formula is C24H28ClN3O2. The number of nitrogens with zero attached hydrogens (tertiary/aromatic N) is 3. The average molecular weight is 426 g/mol. The number of halogens is 1. The van der Waals surface area contributed by atoms with Crippen LogP contribution in [0.3, 0.4) is 0 Å². The second-order valence-corrected chi connectivity index (χ2v) is 9.23. The molecule has 0 saturated carbocycles. The summed E-state index contributed by atoms with van der Waals surface area (Å²) in [6, 6.07) is 15.7. The van der Waals surface area contributed by atoms with Gasteiger partial charge in [-0.3, -0.25) is 4.79 Å². The van der Waals surface area contributed by atoms with E-state index in [1.54, 1.807) is 0 Å². The van der Waals surface area contributed by atoms with Gasteiger partial charge in [0.2, 0.25) is 5.91 Å². The molecule has 4 rings (SSSR count). The predicted molar refractivity (Wildman–Crippen MR) is 120 cm³/mol. The van der Waals surface area contributed by atoms with Crippen LogP contribution in [0, 0.1) is 0 Å². The van der Waals surface area contributed by atoms with Crippen LogP contribution in [0.15, 0.2) is 48.5 Å². The Morgan fingerprint density at radius 3 is 2.60 bits per heavy atom. The number of ether oxygens (including phenoxy) is 1. The number of carbonyl (C=O) groups is 1. The highest BCUT2D eigenvalue weighted by Gasteiger charge is 2.38. The van der Waals surface area contributed by atoms with Crippen LogP contribution < -0.4 is 4.74 Å². The Bertz CT molecular complexity index is 1050. The van der Waals surface area contributed by atoms with E-state index < -0.39 is 0 Å². The van der Waals surface area contributed by atoms with Gasteiger partial charge in [0.15, 0.2) is 0 Å². The first-order valence-corrected chi connectivity index (χ1v) is 10.9. The van der Waals surface area contributed by atoms with Crippen molar-refractivity contribution in [1.29, 1.82) is 0 Å². The Morgan fingerprint density at radius 1 is 1.13 bits per heavy atom. The third-order valence-corrected chi connectivity index (χ3v) is 5.92.